The van der Waals surface area contributed by atoms with Crippen LogP contribution >= 0.6 is 0 Å². The summed E-state index contributed by atoms with van der Waals surface area (Å²) in [5.74, 6) is 0.673. The van der Waals surface area contributed by atoms with Gasteiger partial charge in [0.25, 0.3) is 0 Å². The van der Waals surface area contributed by atoms with Gasteiger partial charge < -0.3 is 15.7 Å². The van der Waals surface area contributed by atoms with Gasteiger partial charge >= 0.3 is 6.03 Å². The van der Waals surface area contributed by atoms with Gasteiger partial charge in [-0.1, -0.05) is 20.8 Å². The van der Waals surface area contributed by atoms with Crippen LogP contribution in [0.3, 0.4) is 0 Å². The highest BCUT2D eigenvalue weighted by Crippen LogP contribution is 2.20. The molecule has 1 unspecified atom stereocenters. The molecule has 0 saturated carbocycles. The lowest BCUT2D eigenvalue weighted by atomic mass is 9.88. The molecule has 1 heterocycles. The van der Waals surface area contributed by atoms with Crippen molar-refractivity contribution < 1.29 is 9.90 Å². The van der Waals surface area contributed by atoms with Crippen LogP contribution in [-0.2, 0) is 13.6 Å². The monoisotopic (exact) mass is 269 g/mol. The lowest BCUT2D eigenvalue weighted by molar-refractivity contribution is 0.190. The van der Waals surface area contributed by atoms with Crippen molar-refractivity contribution in [1.82, 2.24) is 25.4 Å². The molecule has 0 fully saturated rings. The first-order valence-electron chi connectivity index (χ1n) is 6.30. The molecular weight excluding hydrogens is 246 g/mol. The van der Waals surface area contributed by atoms with Crippen LogP contribution in [-0.4, -0.2) is 38.6 Å². The normalized spacial score (nSPS) is 13.1. The van der Waals surface area contributed by atoms with Crippen LogP contribution in [0.2, 0.25) is 0 Å². The first-order valence-corrected chi connectivity index (χ1v) is 6.30. The molecule has 0 aliphatic heterocycles. The molecule has 0 spiro atoms. The number of carbonyl (C=O) groups is 1. The van der Waals surface area contributed by atoms with Crippen molar-refractivity contribution in [3.8, 4) is 0 Å². The third-order valence-electron chi connectivity index (χ3n) is 2.63. The molecule has 7 heteroatoms. The van der Waals surface area contributed by atoms with Crippen LogP contribution in [0.1, 0.15) is 33.0 Å². The number of aryl methyl sites for hydroxylation is 1. The lowest BCUT2D eigenvalue weighted by Gasteiger charge is -2.25. The molecule has 108 valence electrons. The number of amides is 2. The van der Waals surface area contributed by atoms with Gasteiger partial charge in [-0.15, -0.1) is 0 Å². The van der Waals surface area contributed by atoms with Crippen molar-refractivity contribution in [2.24, 2.45) is 12.5 Å². The quantitative estimate of drug-likeness (QED) is 0.722. The number of hydrogen-bond acceptors (Lipinski definition) is 4. The average molecular weight is 269 g/mol. The maximum atomic E-state index is 11.7. The number of aliphatic hydroxyl groups is 1. The number of nitrogens with one attached hydrogen (secondary N) is 2. The zero-order chi connectivity index (χ0) is 14.5. The van der Waals surface area contributed by atoms with E-state index in [1.807, 2.05) is 0 Å². The smallest absolute Gasteiger partial charge is 0.315 e. The minimum atomic E-state index is -0.314. The number of rotatable bonds is 5. The number of carbonyl (C=O) groups excluding carboxylic acids is 1. The highest BCUT2D eigenvalue weighted by molar-refractivity contribution is 5.74. The van der Waals surface area contributed by atoms with Crippen LogP contribution < -0.4 is 10.6 Å². The van der Waals surface area contributed by atoms with Gasteiger partial charge in [-0.3, -0.25) is 4.68 Å². The molecule has 0 aromatic carbocycles. The van der Waals surface area contributed by atoms with Crippen molar-refractivity contribution in [1.29, 1.82) is 0 Å². The van der Waals surface area contributed by atoms with E-state index in [1.165, 1.54) is 6.33 Å². The average Bonchev–Trinajstić information content (AvgIpc) is 2.69. The Morgan fingerprint density at radius 1 is 1.53 bits per heavy atom. The lowest BCUT2D eigenvalue weighted by Crippen LogP contribution is -2.45. The molecule has 1 aromatic rings. The summed E-state index contributed by atoms with van der Waals surface area (Å²) in [6, 6.07) is -0.564. The van der Waals surface area contributed by atoms with E-state index in [9.17, 15) is 9.90 Å². The number of aromatic nitrogens is 3. The Morgan fingerprint density at radius 2 is 2.21 bits per heavy atom. The van der Waals surface area contributed by atoms with Gasteiger partial charge in [-0.2, -0.15) is 5.10 Å². The van der Waals surface area contributed by atoms with Gasteiger partial charge in [0.2, 0.25) is 0 Å². The van der Waals surface area contributed by atoms with Gasteiger partial charge in [0.1, 0.15) is 12.2 Å². The SMILES string of the molecule is Cn1ncnc1CNC(=O)NC(CO)CC(C)(C)C. The summed E-state index contributed by atoms with van der Waals surface area (Å²) in [5, 5.41) is 18.6. The van der Waals surface area contributed by atoms with Crippen LogP contribution in [0.5, 0.6) is 0 Å². The Morgan fingerprint density at radius 3 is 2.68 bits per heavy atom. The van der Waals surface area contributed by atoms with E-state index in [1.54, 1.807) is 11.7 Å². The molecule has 0 aliphatic carbocycles. The molecular formula is C12H23N5O2. The second kappa shape index (κ2) is 6.51. The van der Waals surface area contributed by atoms with E-state index >= 15 is 0 Å². The van der Waals surface area contributed by atoms with Crippen LogP contribution in [0, 0.1) is 5.41 Å². The Labute approximate surface area is 113 Å². The second-order valence-corrected chi connectivity index (χ2v) is 5.77. The zero-order valence-electron chi connectivity index (χ0n) is 12.0. The minimum Gasteiger partial charge on any atom is -0.394 e. The van der Waals surface area contributed by atoms with Crippen LogP contribution in [0.15, 0.2) is 6.33 Å². The molecule has 2 amide bonds. The molecule has 7 nitrogen and oxygen atoms in total. The fourth-order valence-electron chi connectivity index (χ4n) is 1.78. The van der Waals surface area contributed by atoms with Crippen molar-refractivity contribution in [2.75, 3.05) is 6.61 Å². The fourth-order valence-corrected chi connectivity index (χ4v) is 1.78. The van der Waals surface area contributed by atoms with Crippen molar-refractivity contribution >= 4 is 6.03 Å². The number of nitrogens with zero attached hydrogens (tertiary/aromatic N) is 3. The molecule has 1 rings (SSSR count). The maximum Gasteiger partial charge on any atom is 0.315 e. The van der Waals surface area contributed by atoms with Crippen molar-refractivity contribution in [3.63, 3.8) is 0 Å². The minimum absolute atomic E-state index is 0.0459. The molecule has 19 heavy (non-hydrogen) atoms. The highest BCUT2D eigenvalue weighted by Gasteiger charge is 2.19. The van der Waals surface area contributed by atoms with Gasteiger partial charge in [-0.25, -0.2) is 9.78 Å². The van der Waals surface area contributed by atoms with Crippen LogP contribution in [0.25, 0.3) is 0 Å². The van der Waals surface area contributed by atoms with Gasteiger partial charge in [0.05, 0.1) is 19.2 Å². The second-order valence-electron chi connectivity index (χ2n) is 5.77. The summed E-state index contributed by atoms with van der Waals surface area (Å²) in [6.45, 7) is 6.42. The molecule has 1 aromatic heterocycles. The van der Waals surface area contributed by atoms with E-state index in [4.69, 9.17) is 0 Å². The fraction of sp³-hybridized carbons (Fsp3) is 0.750. The Kier molecular flexibility index (Phi) is 5.29. The van der Waals surface area contributed by atoms with Gasteiger partial charge in [-0.05, 0) is 11.8 Å². The van der Waals surface area contributed by atoms with E-state index in [0.717, 1.165) is 0 Å². The largest absolute Gasteiger partial charge is 0.394 e. The summed E-state index contributed by atoms with van der Waals surface area (Å²) in [5.41, 5.74) is 0.0459. The first-order chi connectivity index (χ1) is 8.81. The first kappa shape index (κ1) is 15.4. The molecule has 1 atom stereocenters. The topological polar surface area (TPSA) is 92.1 Å². The third kappa shape index (κ3) is 5.69. The highest BCUT2D eigenvalue weighted by atomic mass is 16.3. The molecule has 0 saturated heterocycles. The maximum absolute atomic E-state index is 11.7. The summed E-state index contributed by atoms with van der Waals surface area (Å²) < 4.78 is 1.60. The predicted molar refractivity (Wildman–Crippen MR) is 71.3 cm³/mol. The summed E-state index contributed by atoms with van der Waals surface area (Å²) in [4.78, 5) is 15.7. The number of urea groups is 1. The van der Waals surface area contributed by atoms with E-state index in [2.05, 4.69) is 41.5 Å². The summed E-state index contributed by atoms with van der Waals surface area (Å²) >= 11 is 0. The summed E-state index contributed by atoms with van der Waals surface area (Å²) in [6.07, 6.45) is 2.14. The Bertz CT molecular complexity index is 410. The molecule has 0 aliphatic rings. The van der Waals surface area contributed by atoms with E-state index < -0.39 is 0 Å². The van der Waals surface area contributed by atoms with E-state index in [0.29, 0.717) is 18.8 Å². The number of aliphatic hydroxyl groups excluding tert-OH is 1. The van der Waals surface area contributed by atoms with Gasteiger partial charge in [0.15, 0.2) is 0 Å². The molecule has 3 N–H and O–H groups in total. The standard InChI is InChI=1S/C12H23N5O2/c1-12(2,3)5-9(7-18)16-11(19)13-6-10-14-8-15-17(10)4/h8-9,18H,5-7H2,1-4H3,(H2,13,16,19). The van der Waals surface area contributed by atoms with Crippen molar-refractivity contribution in [3.05, 3.63) is 12.2 Å². The molecule has 0 bridgehead atoms. The summed E-state index contributed by atoms with van der Waals surface area (Å²) in [7, 11) is 1.76. The molecule has 0 radical (unpaired) electrons. The number of hydrogen-bond donors (Lipinski definition) is 3. The van der Waals surface area contributed by atoms with Crippen LogP contribution in [0.4, 0.5) is 4.79 Å². The van der Waals surface area contributed by atoms with Crippen molar-refractivity contribution in [2.45, 2.75) is 39.8 Å². The third-order valence-corrected chi connectivity index (χ3v) is 2.63. The Balaban J connectivity index is 2.39. The Hall–Kier alpha value is -1.63. The predicted octanol–water partition coefficient (Wildman–Crippen LogP) is 0.411. The zero-order valence-corrected chi connectivity index (χ0v) is 12.0. The van der Waals surface area contributed by atoms with Gasteiger partial charge in [0, 0.05) is 7.05 Å². The van der Waals surface area contributed by atoms with E-state index in [-0.39, 0.29) is 24.1 Å².